The molecule has 1 aliphatic rings. The van der Waals surface area contributed by atoms with Crippen molar-refractivity contribution in [3.05, 3.63) is 65.5 Å². The first-order valence-electron chi connectivity index (χ1n) is 11.0. The number of nitrogens with zero attached hydrogens (tertiary/aromatic N) is 3. The van der Waals surface area contributed by atoms with Crippen LogP contribution in [0.1, 0.15) is 29.5 Å². The highest BCUT2D eigenvalue weighted by Crippen LogP contribution is 2.40. The van der Waals surface area contributed by atoms with Crippen molar-refractivity contribution >= 4 is 16.7 Å². The third-order valence-electron chi connectivity index (χ3n) is 6.20. The van der Waals surface area contributed by atoms with Crippen molar-refractivity contribution in [2.45, 2.75) is 39.7 Å². The highest BCUT2D eigenvalue weighted by molar-refractivity contribution is 5.91. The van der Waals surface area contributed by atoms with Gasteiger partial charge in [0.1, 0.15) is 5.82 Å². The first kappa shape index (κ1) is 19.8. The zero-order chi connectivity index (χ0) is 21.5. The molecular weight excluding hydrogens is 382 g/mol. The van der Waals surface area contributed by atoms with Crippen LogP contribution in [0.25, 0.3) is 33.5 Å². The molecule has 0 atom stereocenters. The Kier molecular flexibility index (Phi) is 4.98. The van der Waals surface area contributed by atoms with Crippen LogP contribution in [0.3, 0.4) is 0 Å². The minimum Gasteiger partial charge on any atom is -0.370 e. The summed E-state index contributed by atoms with van der Waals surface area (Å²) in [5.41, 5.74) is 16.6. The van der Waals surface area contributed by atoms with Gasteiger partial charge in [0.25, 0.3) is 0 Å². The quantitative estimate of drug-likeness (QED) is 0.489. The van der Waals surface area contributed by atoms with E-state index >= 15 is 0 Å². The highest BCUT2D eigenvalue weighted by atomic mass is 15.2. The SMILES string of the molecule is Cc1cc(C)cc(-c2cncc(-c3nc4ccc(C)cc4[nH]3)c2N2CCC(N)CC2)c1. The van der Waals surface area contributed by atoms with Gasteiger partial charge in [-0.1, -0.05) is 35.4 Å². The fourth-order valence-electron chi connectivity index (χ4n) is 4.68. The third kappa shape index (κ3) is 3.81. The maximum Gasteiger partial charge on any atom is 0.142 e. The van der Waals surface area contributed by atoms with E-state index in [0.29, 0.717) is 0 Å². The normalized spacial score (nSPS) is 15.0. The smallest absolute Gasteiger partial charge is 0.142 e. The zero-order valence-electron chi connectivity index (χ0n) is 18.4. The summed E-state index contributed by atoms with van der Waals surface area (Å²) in [6, 6.07) is 13.3. The maximum absolute atomic E-state index is 6.22. The van der Waals surface area contributed by atoms with Crippen molar-refractivity contribution in [1.29, 1.82) is 0 Å². The first-order chi connectivity index (χ1) is 15.0. The summed E-state index contributed by atoms with van der Waals surface area (Å²) in [6.45, 7) is 8.28. The second-order valence-corrected chi connectivity index (χ2v) is 8.89. The molecule has 5 rings (SSSR count). The molecule has 0 saturated carbocycles. The predicted octanol–water partition coefficient (Wildman–Crippen LogP) is 5.14. The van der Waals surface area contributed by atoms with E-state index in [0.717, 1.165) is 53.9 Å². The molecule has 158 valence electrons. The van der Waals surface area contributed by atoms with Crippen LogP contribution < -0.4 is 10.6 Å². The molecule has 5 nitrogen and oxygen atoms in total. The van der Waals surface area contributed by atoms with Crippen LogP contribution in [-0.4, -0.2) is 34.1 Å². The summed E-state index contributed by atoms with van der Waals surface area (Å²) < 4.78 is 0. The summed E-state index contributed by atoms with van der Waals surface area (Å²) >= 11 is 0. The molecule has 1 fully saturated rings. The van der Waals surface area contributed by atoms with Gasteiger partial charge >= 0.3 is 0 Å². The Balaban J connectivity index is 1.71. The molecule has 3 N–H and O–H groups in total. The summed E-state index contributed by atoms with van der Waals surface area (Å²) in [5, 5.41) is 0. The summed E-state index contributed by atoms with van der Waals surface area (Å²) in [7, 11) is 0. The maximum atomic E-state index is 6.22. The molecule has 0 amide bonds. The number of rotatable bonds is 3. The van der Waals surface area contributed by atoms with E-state index in [1.165, 1.54) is 27.9 Å². The summed E-state index contributed by atoms with van der Waals surface area (Å²) in [5.74, 6) is 0.865. The topological polar surface area (TPSA) is 70.8 Å². The first-order valence-corrected chi connectivity index (χ1v) is 11.0. The van der Waals surface area contributed by atoms with Crippen LogP contribution in [0.5, 0.6) is 0 Å². The molecule has 4 aromatic rings. The Morgan fingerprint density at radius 3 is 2.35 bits per heavy atom. The molecule has 1 saturated heterocycles. The number of benzene rings is 2. The number of pyridine rings is 1. The fraction of sp³-hybridized carbons (Fsp3) is 0.308. The van der Waals surface area contributed by atoms with Gasteiger partial charge in [0, 0.05) is 37.1 Å². The van der Waals surface area contributed by atoms with Crippen LogP contribution in [0, 0.1) is 20.8 Å². The monoisotopic (exact) mass is 411 g/mol. The van der Waals surface area contributed by atoms with Crippen molar-refractivity contribution in [2.75, 3.05) is 18.0 Å². The molecule has 0 radical (unpaired) electrons. The van der Waals surface area contributed by atoms with Crippen LogP contribution in [0.15, 0.2) is 48.8 Å². The number of H-pyrrole nitrogens is 1. The third-order valence-corrected chi connectivity index (χ3v) is 6.20. The summed E-state index contributed by atoms with van der Waals surface area (Å²) in [6.07, 6.45) is 5.93. The van der Waals surface area contributed by atoms with Crippen molar-refractivity contribution in [3.63, 3.8) is 0 Å². The lowest BCUT2D eigenvalue weighted by molar-refractivity contribution is 0.501. The Bertz CT molecular complexity index is 1230. The number of imidazole rings is 1. The van der Waals surface area contributed by atoms with Crippen molar-refractivity contribution in [1.82, 2.24) is 15.0 Å². The van der Waals surface area contributed by atoms with Gasteiger partial charge in [-0.05, 0) is 56.9 Å². The molecule has 1 aliphatic heterocycles. The number of aryl methyl sites for hydroxylation is 3. The van der Waals surface area contributed by atoms with E-state index in [9.17, 15) is 0 Å². The average molecular weight is 412 g/mol. The van der Waals surface area contributed by atoms with Gasteiger partial charge < -0.3 is 15.6 Å². The Morgan fingerprint density at radius 2 is 1.61 bits per heavy atom. The molecule has 5 heteroatoms. The van der Waals surface area contributed by atoms with Gasteiger partial charge in [0.05, 0.1) is 22.3 Å². The van der Waals surface area contributed by atoms with Crippen molar-refractivity contribution in [3.8, 4) is 22.5 Å². The van der Waals surface area contributed by atoms with Crippen molar-refractivity contribution < 1.29 is 0 Å². The Morgan fingerprint density at radius 1 is 0.903 bits per heavy atom. The largest absolute Gasteiger partial charge is 0.370 e. The highest BCUT2D eigenvalue weighted by Gasteiger charge is 2.24. The molecule has 31 heavy (non-hydrogen) atoms. The lowest BCUT2D eigenvalue weighted by Crippen LogP contribution is -2.40. The molecule has 2 aromatic carbocycles. The van der Waals surface area contributed by atoms with Gasteiger partial charge in [-0.2, -0.15) is 0 Å². The van der Waals surface area contributed by atoms with Gasteiger partial charge in [-0.25, -0.2) is 4.98 Å². The molecule has 0 spiro atoms. The number of piperidine rings is 1. The van der Waals surface area contributed by atoms with E-state index in [2.05, 4.69) is 72.0 Å². The van der Waals surface area contributed by atoms with E-state index in [4.69, 9.17) is 10.7 Å². The van der Waals surface area contributed by atoms with E-state index in [-0.39, 0.29) is 6.04 Å². The minimum atomic E-state index is 0.278. The van der Waals surface area contributed by atoms with Gasteiger partial charge in [0.2, 0.25) is 0 Å². The molecule has 0 unspecified atom stereocenters. The van der Waals surface area contributed by atoms with E-state index < -0.39 is 0 Å². The van der Waals surface area contributed by atoms with Crippen LogP contribution in [0.2, 0.25) is 0 Å². The lowest BCUT2D eigenvalue weighted by Gasteiger charge is -2.34. The van der Waals surface area contributed by atoms with E-state index in [1.54, 1.807) is 0 Å². The van der Waals surface area contributed by atoms with Crippen LogP contribution in [0.4, 0.5) is 5.69 Å². The number of hydrogen-bond donors (Lipinski definition) is 2. The van der Waals surface area contributed by atoms with Gasteiger partial charge in [-0.3, -0.25) is 4.98 Å². The number of fused-ring (bicyclic) bond motifs is 1. The molecule has 2 aromatic heterocycles. The van der Waals surface area contributed by atoms with Crippen LogP contribution >= 0.6 is 0 Å². The second kappa shape index (κ2) is 7.82. The molecular formula is C26H29N5. The number of aromatic nitrogens is 3. The van der Waals surface area contributed by atoms with Crippen LogP contribution in [-0.2, 0) is 0 Å². The fourth-order valence-corrected chi connectivity index (χ4v) is 4.68. The second-order valence-electron chi connectivity index (χ2n) is 8.89. The number of aromatic amines is 1. The van der Waals surface area contributed by atoms with E-state index in [1.807, 2.05) is 12.4 Å². The Hall–Kier alpha value is -3.18. The van der Waals surface area contributed by atoms with Crippen molar-refractivity contribution in [2.24, 2.45) is 5.73 Å². The minimum absolute atomic E-state index is 0.278. The predicted molar refractivity (Wildman–Crippen MR) is 128 cm³/mol. The number of anilines is 1. The number of hydrogen-bond acceptors (Lipinski definition) is 4. The Labute approximate surface area is 183 Å². The standard InChI is InChI=1S/C26H29N5/c1-16-4-5-23-24(13-16)30-26(29-23)22-15-28-14-21(19-11-17(2)10-18(3)12-19)25(22)31-8-6-20(27)7-9-31/h4-5,10-15,20H,6-9,27H2,1-3H3,(H,29,30). The van der Waals surface area contributed by atoms with Gasteiger partial charge in [-0.15, -0.1) is 0 Å². The molecule has 3 heterocycles. The number of nitrogens with two attached hydrogens (primary N) is 1. The van der Waals surface area contributed by atoms with Gasteiger partial charge in [0.15, 0.2) is 0 Å². The zero-order valence-corrected chi connectivity index (χ0v) is 18.4. The number of nitrogens with one attached hydrogen (secondary N) is 1. The lowest BCUT2D eigenvalue weighted by atomic mass is 9.96. The summed E-state index contributed by atoms with van der Waals surface area (Å²) in [4.78, 5) is 15.6. The molecule has 0 bridgehead atoms. The average Bonchev–Trinajstić information content (AvgIpc) is 3.16. The molecule has 0 aliphatic carbocycles.